The molecule has 0 spiro atoms. The van der Waals surface area contributed by atoms with Gasteiger partial charge in [-0.25, -0.2) is 0 Å². The van der Waals surface area contributed by atoms with Crippen LogP contribution in [0.4, 0.5) is 5.69 Å². The van der Waals surface area contributed by atoms with Gasteiger partial charge in [0.1, 0.15) is 0 Å². The molecule has 1 heterocycles. The molecule has 1 aromatic carbocycles. The molecule has 1 aromatic heterocycles. The smallest absolute Gasteiger partial charge is 0.0954 e. The normalized spacial score (nSPS) is 9.07. The number of amides is 1. The summed E-state index contributed by atoms with van der Waals surface area (Å²) in [6.45, 7) is 0. The van der Waals surface area contributed by atoms with Crippen LogP contribution < -0.4 is 0 Å². The minimum Gasteiger partial charge on any atom is -0.622 e. The summed E-state index contributed by atoms with van der Waals surface area (Å²) in [6.07, 6.45) is 0. The molecule has 0 fully saturated rings. The van der Waals surface area contributed by atoms with Crippen molar-refractivity contribution in [1.82, 2.24) is 0 Å². The molecule has 0 unspecified atom stereocenters. The number of carbonyl (C=O) groups excluding carboxylic acids is 1. The van der Waals surface area contributed by atoms with E-state index in [1.165, 1.54) is 11.3 Å². The maximum Gasteiger partial charge on any atom is 0.0954 e. The summed E-state index contributed by atoms with van der Waals surface area (Å²) in [5, 5.41) is 5.84. The van der Waals surface area contributed by atoms with Gasteiger partial charge in [0.15, 0.2) is 0 Å². The molecule has 0 radical (unpaired) electrons. The Bertz CT molecular complexity index is 413. The average Bonchev–Trinajstić information content (AvgIpc) is 2.72. The van der Waals surface area contributed by atoms with Crippen molar-refractivity contribution in [3.05, 3.63) is 58.0 Å². The molecule has 0 N–H and O–H groups in total. The Balaban J connectivity index is 0.00000112. The first kappa shape index (κ1) is 12.7. The molecule has 0 aliphatic heterocycles. The van der Waals surface area contributed by atoms with Gasteiger partial charge in [0.25, 0.3) is 0 Å². The molecule has 2 aromatic rings. The molecule has 0 atom stereocenters. The van der Waals surface area contributed by atoms with Crippen LogP contribution in [-0.2, 0) is 0 Å². The SMILES string of the molecule is O=C([N-]c1ccccc1)c1cccs1.[Dy]. The number of para-hydroxylation sites is 1. The second kappa shape index (κ2) is 6.29. The second-order valence-corrected chi connectivity index (χ2v) is 3.68. The molecule has 1 amide bonds. The molecule has 0 saturated carbocycles. The number of benzene rings is 1. The van der Waals surface area contributed by atoms with E-state index in [-0.39, 0.29) is 44.1 Å². The van der Waals surface area contributed by atoms with Crippen LogP contribution in [0.3, 0.4) is 0 Å². The Hall–Kier alpha value is -0.337. The van der Waals surface area contributed by atoms with E-state index in [9.17, 15) is 4.79 Å². The van der Waals surface area contributed by atoms with Crippen molar-refractivity contribution in [3.63, 3.8) is 0 Å². The van der Waals surface area contributed by atoms with E-state index in [1.54, 1.807) is 6.07 Å². The van der Waals surface area contributed by atoms with Crippen LogP contribution in [0, 0.1) is 38.2 Å². The van der Waals surface area contributed by atoms with Crippen LogP contribution in [0.2, 0.25) is 0 Å². The predicted molar refractivity (Wildman–Crippen MR) is 58.1 cm³/mol. The Kier molecular flexibility index (Phi) is 5.34. The maximum atomic E-state index is 11.5. The van der Waals surface area contributed by atoms with Crippen molar-refractivity contribution in [2.75, 3.05) is 0 Å². The summed E-state index contributed by atoms with van der Waals surface area (Å²) in [5.74, 6) is -0.175. The minimum atomic E-state index is -0.175. The largest absolute Gasteiger partial charge is 0.622 e. The van der Waals surface area contributed by atoms with Crippen LogP contribution >= 0.6 is 11.3 Å². The van der Waals surface area contributed by atoms with Gasteiger partial charge in [0.2, 0.25) is 0 Å². The van der Waals surface area contributed by atoms with Gasteiger partial charge < -0.3 is 10.1 Å². The zero-order valence-corrected chi connectivity index (χ0v) is 10.5. The summed E-state index contributed by atoms with van der Waals surface area (Å²) in [6, 6.07) is 12.9. The molecular formula is C11H8DyNOS-. The fraction of sp³-hybridized carbons (Fsp3) is 0. The Morgan fingerprint density at radius 3 is 2.40 bits per heavy atom. The Morgan fingerprint density at radius 1 is 1.07 bits per heavy atom. The van der Waals surface area contributed by atoms with Gasteiger partial charge in [-0.2, -0.15) is 0 Å². The van der Waals surface area contributed by atoms with Gasteiger partial charge in [0.05, 0.1) is 10.8 Å². The summed E-state index contributed by atoms with van der Waals surface area (Å²) in [7, 11) is 0. The first-order chi connectivity index (χ1) is 6.86. The van der Waals surface area contributed by atoms with Crippen molar-refractivity contribution < 1.29 is 43.0 Å². The van der Waals surface area contributed by atoms with Crippen molar-refractivity contribution in [2.24, 2.45) is 0 Å². The first-order valence-electron chi connectivity index (χ1n) is 4.21. The van der Waals surface area contributed by atoms with E-state index in [4.69, 9.17) is 0 Å². The van der Waals surface area contributed by atoms with Gasteiger partial charge in [-0.3, -0.25) is 0 Å². The van der Waals surface area contributed by atoms with Gasteiger partial charge >= 0.3 is 0 Å². The summed E-state index contributed by atoms with van der Waals surface area (Å²) >= 11 is 1.41. The number of nitrogens with zero attached hydrogens (tertiary/aromatic N) is 1. The third-order valence-electron chi connectivity index (χ3n) is 1.72. The zero-order valence-electron chi connectivity index (χ0n) is 7.70. The Morgan fingerprint density at radius 2 is 1.80 bits per heavy atom. The molecule has 0 bridgehead atoms. The third kappa shape index (κ3) is 3.62. The average molecular weight is 365 g/mol. The van der Waals surface area contributed by atoms with E-state index < -0.39 is 0 Å². The number of thiophene rings is 1. The maximum absolute atomic E-state index is 11.5. The predicted octanol–water partition coefficient (Wildman–Crippen LogP) is 3.59. The van der Waals surface area contributed by atoms with Crippen LogP contribution in [-0.4, -0.2) is 5.91 Å². The molecule has 0 aliphatic rings. The summed E-state index contributed by atoms with van der Waals surface area (Å²) < 4.78 is 0. The van der Waals surface area contributed by atoms with E-state index in [0.717, 1.165) is 0 Å². The van der Waals surface area contributed by atoms with Crippen molar-refractivity contribution >= 4 is 22.9 Å². The molecule has 80 valence electrons. The zero-order chi connectivity index (χ0) is 9.80. The van der Waals surface area contributed by atoms with E-state index in [1.807, 2.05) is 41.8 Å². The van der Waals surface area contributed by atoms with Gasteiger partial charge in [0, 0.05) is 38.2 Å². The number of rotatable bonds is 2. The van der Waals surface area contributed by atoms with Gasteiger partial charge in [-0.05, 0) is 11.4 Å². The number of hydrogen-bond acceptors (Lipinski definition) is 2. The molecule has 2 nitrogen and oxygen atoms in total. The van der Waals surface area contributed by atoms with Crippen LogP contribution in [0.5, 0.6) is 0 Å². The molecule has 0 saturated heterocycles. The van der Waals surface area contributed by atoms with E-state index in [2.05, 4.69) is 5.32 Å². The second-order valence-electron chi connectivity index (χ2n) is 2.73. The third-order valence-corrected chi connectivity index (χ3v) is 2.58. The standard InChI is InChI=1S/C11H9NOS.Dy/c13-11(10-7-4-8-14-10)12-9-5-2-1-3-6-9;/h1-8H,(H,12,13);/p-1. The number of carbonyl (C=O) groups is 1. The molecule has 0 aliphatic carbocycles. The quantitative estimate of drug-likeness (QED) is 0.801. The fourth-order valence-corrected chi connectivity index (χ4v) is 1.68. The van der Waals surface area contributed by atoms with Gasteiger partial charge in [-0.1, -0.05) is 36.4 Å². The molecule has 15 heavy (non-hydrogen) atoms. The summed E-state index contributed by atoms with van der Waals surface area (Å²) in [4.78, 5) is 12.2. The minimum absolute atomic E-state index is 0. The van der Waals surface area contributed by atoms with E-state index in [0.29, 0.717) is 10.6 Å². The van der Waals surface area contributed by atoms with E-state index >= 15 is 0 Å². The van der Waals surface area contributed by atoms with Crippen LogP contribution in [0.25, 0.3) is 5.32 Å². The van der Waals surface area contributed by atoms with Crippen molar-refractivity contribution in [2.45, 2.75) is 0 Å². The van der Waals surface area contributed by atoms with Crippen LogP contribution in [0.1, 0.15) is 9.67 Å². The van der Waals surface area contributed by atoms with Gasteiger partial charge in [-0.15, -0.1) is 17.0 Å². The fourth-order valence-electron chi connectivity index (χ4n) is 1.08. The van der Waals surface area contributed by atoms with Crippen LogP contribution in [0.15, 0.2) is 47.8 Å². The molecule has 4 heteroatoms. The first-order valence-corrected chi connectivity index (χ1v) is 5.09. The Labute approximate surface area is 123 Å². The summed E-state index contributed by atoms with van der Waals surface area (Å²) in [5.41, 5.74) is 0.700. The van der Waals surface area contributed by atoms with Crippen molar-refractivity contribution in [1.29, 1.82) is 0 Å². The topological polar surface area (TPSA) is 31.2 Å². The monoisotopic (exact) mass is 366 g/mol. The molecular weight excluding hydrogens is 357 g/mol. The molecule has 2 rings (SSSR count). The number of hydrogen-bond donors (Lipinski definition) is 0. The van der Waals surface area contributed by atoms with Crippen molar-refractivity contribution in [3.8, 4) is 0 Å².